The number of thioether (sulfide) groups is 1. The fraction of sp³-hybridized carbons (Fsp3) is 0.556. The van der Waals surface area contributed by atoms with Gasteiger partial charge in [0.2, 0.25) is 0 Å². The average Bonchev–Trinajstić information content (AvgIpc) is 2.39. The highest BCUT2D eigenvalue weighted by Gasteiger charge is 1.96. The largest absolute Gasteiger partial charge is 0.159 e. The fourth-order valence-electron chi connectivity index (χ4n) is 0.850. The third kappa shape index (κ3) is 3.82. The molecule has 1 rings (SSSR count). The number of rotatable bonds is 4. The van der Waals surface area contributed by atoms with Crippen LogP contribution in [0.1, 0.15) is 18.7 Å². The second-order valence-electron chi connectivity index (χ2n) is 2.75. The molecule has 0 amide bonds. The van der Waals surface area contributed by atoms with Gasteiger partial charge in [0, 0.05) is 4.88 Å². The van der Waals surface area contributed by atoms with Gasteiger partial charge in [0.15, 0.2) is 0 Å². The molecule has 11 heavy (non-hydrogen) atoms. The van der Waals surface area contributed by atoms with Crippen molar-refractivity contribution in [2.45, 2.75) is 25.5 Å². The van der Waals surface area contributed by atoms with Crippen molar-refractivity contribution >= 4 is 23.1 Å². The Bertz CT molecular complexity index is 177. The second-order valence-corrected chi connectivity index (χ2v) is 5.47. The predicted molar refractivity (Wildman–Crippen MR) is 55.6 cm³/mol. The minimum Gasteiger partial charge on any atom is -0.159 e. The summed E-state index contributed by atoms with van der Waals surface area (Å²) in [4.78, 5) is 1.51. The highest BCUT2D eigenvalue weighted by molar-refractivity contribution is 7.99. The van der Waals surface area contributed by atoms with Crippen LogP contribution in [0.2, 0.25) is 0 Å². The standard InChI is InChI=1S/C9H14S2/c1-8(2)10-7-5-9-4-3-6-11-9/h3-4,6,8H,5,7H2,1-2H3. The minimum absolute atomic E-state index is 0.773. The molecule has 0 unspecified atom stereocenters. The molecule has 0 saturated carbocycles. The minimum atomic E-state index is 0.773. The molecule has 0 aromatic carbocycles. The van der Waals surface area contributed by atoms with Crippen LogP contribution < -0.4 is 0 Å². The van der Waals surface area contributed by atoms with Gasteiger partial charge < -0.3 is 0 Å². The molecule has 1 aromatic heterocycles. The van der Waals surface area contributed by atoms with Crippen molar-refractivity contribution in [3.8, 4) is 0 Å². The van der Waals surface area contributed by atoms with E-state index in [9.17, 15) is 0 Å². The molecule has 0 aliphatic rings. The Kier molecular flexibility index (Phi) is 4.02. The third-order valence-electron chi connectivity index (χ3n) is 1.38. The maximum atomic E-state index is 2.25. The normalized spacial score (nSPS) is 10.8. The fourth-order valence-corrected chi connectivity index (χ4v) is 2.50. The molecule has 1 heterocycles. The van der Waals surface area contributed by atoms with E-state index in [2.05, 4.69) is 31.4 Å². The first-order chi connectivity index (χ1) is 5.29. The van der Waals surface area contributed by atoms with E-state index in [1.807, 2.05) is 23.1 Å². The van der Waals surface area contributed by atoms with Gasteiger partial charge in [-0.05, 0) is 28.9 Å². The summed E-state index contributed by atoms with van der Waals surface area (Å²) in [6, 6.07) is 4.34. The van der Waals surface area contributed by atoms with Gasteiger partial charge >= 0.3 is 0 Å². The van der Waals surface area contributed by atoms with Crippen LogP contribution in [0.4, 0.5) is 0 Å². The van der Waals surface area contributed by atoms with Crippen molar-refractivity contribution < 1.29 is 0 Å². The van der Waals surface area contributed by atoms with E-state index in [1.54, 1.807) is 0 Å². The molecule has 1 aromatic rings. The van der Waals surface area contributed by atoms with Crippen LogP contribution in [0.15, 0.2) is 17.5 Å². The molecule has 0 aliphatic carbocycles. The molecule has 0 nitrogen and oxygen atoms in total. The Balaban J connectivity index is 2.14. The van der Waals surface area contributed by atoms with Crippen molar-refractivity contribution in [2.24, 2.45) is 0 Å². The van der Waals surface area contributed by atoms with Crippen LogP contribution in [0.5, 0.6) is 0 Å². The van der Waals surface area contributed by atoms with E-state index in [4.69, 9.17) is 0 Å². The maximum absolute atomic E-state index is 2.25. The molecule has 2 heteroatoms. The molecular weight excluding hydrogens is 172 g/mol. The van der Waals surface area contributed by atoms with Crippen LogP contribution in [0.3, 0.4) is 0 Å². The number of aryl methyl sites for hydroxylation is 1. The average molecular weight is 186 g/mol. The molecule has 0 radical (unpaired) electrons. The van der Waals surface area contributed by atoms with E-state index in [1.165, 1.54) is 17.1 Å². The Morgan fingerprint density at radius 2 is 2.36 bits per heavy atom. The highest BCUT2D eigenvalue weighted by Crippen LogP contribution is 2.15. The SMILES string of the molecule is CC(C)SCCc1cccs1. The lowest BCUT2D eigenvalue weighted by Crippen LogP contribution is -1.91. The van der Waals surface area contributed by atoms with Crippen molar-refractivity contribution in [2.75, 3.05) is 5.75 Å². The van der Waals surface area contributed by atoms with E-state index in [0.29, 0.717) is 0 Å². The van der Waals surface area contributed by atoms with Crippen LogP contribution in [0.25, 0.3) is 0 Å². The van der Waals surface area contributed by atoms with Crippen LogP contribution in [-0.4, -0.2) is 11.0 Å². The lowest BCUT2D eigenvalue weighted by atomic mass is 10.4. The van der Waals surface area contributed by atoms with Gasteiger partial charge in [-0.25, -0.2) is 0 Å². The Morgan fingerprint density at radius 1 is 1.55 bits per heavy atom. The van der Waals surface area contributed by atoms with Crippen LogP contribution >= 0.6 is 23.1 Å². The lowest BCUT2D eigenvalue weighted by molar-refractivity contribution is 1.09. The summed E-state index contributed by atoms with van der Waals surface area (Å²) in [7, 11) is 0. The van der Waals surface area contributed by atoms with E-state index < -0.39 is 0 Å². The monoisotopic (exact) mass is 186 g/mol. The molecule has 0 aliphatic heterocycles. The highest BCUT2D eigenvalue weighted by atomic mass is 32.2. The number of thiophene rings is 1. The molecule has 0 fully saturated rings. The zero-order valence-electron chi connectivity index (χ0n) is 7.04. The van der Waals surface area contributed by atoms with Crippen molar-refractivity contribution in [3.63, 3.8) is 0 Å². The zero-order chi connectivity index (χ0) is 8.10. The Labute approximate surface area is 77.0 Å². The van der Waals surface area contributed by atoms with Gasteiger partial charge in [-0.15, -0.1) is 11.3 Å². The summed E-state index contributed by atoms with van der Waals surface area (Å²) in [6.07, 6.45) is 1.24. The van der Waals surface area contributed by atoms with Crippen LogP contribution in [-0.2, 0) is 6.42 Å². The summed E-state index contributed by atoms with van der Waals surface area (Å²) in [5.41, 5.74) is 0. The van der Waals surface area contributed by atoms with Gasteiger partial charge in [0.1, 0.15) is 0 Å². The molecule has 0 spiro atoms. The van der Waals surface area contributed by atoms with Gasteiger partial charge in [-0.2, -0.15) is 11.8 Å². The van der Waals surface area contributed by atoms with E-state index in [0.717, 1.165) is 5.25 Å². The first kappa shape index (κ1) is 9.14. The second kappa shape index (κ2) is 4.83. The lowest BCUT2D eigenvalue weighted by Gasteiger charge is -2.01. The molecule has 62 valence electrons. The van der Waals surface area contributed by atoms with E-state index >= 15 is 0 Å². The molecule has 0 bridgehead atoms. The topological polar surface area (TPSA) is 0 Å². The van der Waals surface area contributed by atoms with E-state index in [-0.39, 0.29) is 0 Å². The van der Waals surface area contributed by atoms with Crippen LogP contribution in [0, 0.1) is 0 Å². The maximum Gasteiger partial charge on any atom is 0.00534 e. The summed E-state index contributed by atoms with van der Waals surface area (Å²) < 4.78 is 0. The zero-order valence-corrected chi connectivity index (χ0v) is 8.67. The van der Waals surface area contributed by atoms with Gasteiger partial charge in [0.05, 0.1) is 0 Å². The Morgan fingerprint density at radius 3 is 2.91 bits per heavy atom. The number of hydrogen-bond donors (Lipinski definition) is 0. The van der Waals surface area contributed by atoms with Crippen molar-refractivity contribution in [1.29, 1.82) is 0 Å². The quantitative estimate of drug-likeness (QED) is 0.694. The first-order valence-corrected chi connectivity index (χ1v) is 5.86. The molecule has 0 saturated heterocycles. The third-order valence-corrected chi connectivity index (χ3v) is 3.42. The molecule has 0 N–H and O–H groups in total. The summed E-state index contributed by atoms with van der Waals surface area (Å²) in [5.74, 6) is 1.26. The molecule has 0 atom stereocenters. The van der Waals surface area contributed by atoms with Gasteiger partial charge in [-0.1, -0.05) is 19.9 Å². The van der Waals surface area contributed by atoms with Crippen molar-refractivity contribution in [1.82, 2.24) is 0 Å². The molecular formula is C9H14S2. The van der Waals surface area contributed by atoms with Crippen molar-refractivity contribution in [3.05, 3.63) is 22.4 Å². The smallest absolute Gasteiger partial charge is 0.00534 e. The summed E-state index contributed by atoms with van der Waals surface area (Å²) in [6.45, 7) is 4.50. The summed E-state index contributed by atoms with van der Waals surface area (Å²) in [5, 5.41) is 2.92. The van der Waals surface area contributed by atoms with Gasteiger partial charge in [0.25, 0.3) is 0 Å². The number of hydrogen-bond acceptors (Lipinski definition) is 2. The summed E-state index contributed by atoms with van der Waals surface area (Å²) >= 11 is 3.90. The predicted octanol–water partition coefficient (Wildman–Crippen LogP) is 3.43. The first-order valence-electron chi connectivity index (χ1n) is 3.93. The Hall–Kier alpha value is 0.0500. The van der Waals surface area contributed by atoms with Gasteiger partial charge in [-0.3, -0.25) is 0 Å².